The molecule has 172 valence electrons. The van der Waals surface area contributed by atoms with Gasteiger partial charge in [-0.2, -0.15) is 4.31 Å². The first-order valence-corrected chi connectivity index (χ1v) is 13.3. The highest BCUT2D eigenvalue weighted by Gasteiger charge is 2.34. The molecule has 31 heavy (non-hydrogen) atoms. The lowest BCUT2D eigenvalue weighted by Gasteiger charge is -2.34. The summed E-state index contributed by atoms with van der Waals surface area (Å²) < 4.78 is 33.7. The van der Waals surface area contributed by atoms with Gasteiger partial charge in [-0.05, 0) is 57.2 Å². The van der Waals surface area contributed by atoms with E-state index in [0.29, 0.717) is 18.7 Å². The van der Waals surface area contributed by atoms with E-state index in [0.717, 1.165) is 31.7 Å². The van der Waals surface area contributed by atoms with E-state index in [2.05, 4.69) is 0 Å². The topological polar surface area (TPSA) is 66.9 Å². The molecule has 2 saturated heterocycles. The molecule has 6 nitrogen and oxygen atoms in total. The number of carbonyl (C=O) groups is 1. The SMILES string of the molecule is CC1CN(S(=O)(=O)c2cccc(C(=O)N3CCCC3CC3CCCCC3)c2)CC(C)O1. The van der Waals surface area contributed by atoms with Gasteiger partial charge in [0.2, 0.25) is 10.0 Å². The maximum Gasteiger partial charge on any atom is 0.254 e. The third-order valence-electron chi connectivity index (χ3n) is 7.07. The molecule has 0 bridgehead atoms. The first kappa shape index (κ1) is 22.7. The van der Waals surface area contributed by atoms with Crippen LogP contribution in [0.15, 0.2) is 29.2 Å². The zero-order valence-corrected chi connectivity index (χ0v) is 19.6. The third kappa shape index (κ3) is 5.15. The molecular weight excluding hydrogens is 412 g/mol. The fraction of sp³-hybridized carbons (Fsp3) is 0.708. The highest BCUT2D eigenvalue weighted by molar-refractivity contribution is 7.89. The minimum absolute atomic E-state index is 0.0286. The standard InChI is InChI=1S/C24H36N2O4S/c1-18-16-25(17-19(2)30-18)31(28,29)23-12-6-10-21(15-23)24(27)26-13-7-11-22(26)14-20-8-4-3-5-9-20/h6,10,12,15,18-20,22H,3-5,7-9,11,13-14,16-17H2,1-2H3. The number of hydrogen-bond donors (Lipinski definition) is 0. The van der Waals surface area contributed by atoms with Crippen molar-refractivity contribution in [3.8, 4) is 0 Å². The Kier molecular flexibility index (Phi) is 7.04. The van der Waals surface area contributed by atoms with Gasteiger partial charge in [0.15, 0.2) is 0 Å². The molecule has 2 aliphatic heterocycles. The van der Waals surface area contributed by atoms with Crippen molar-refractivity contribution in [2.45, 2.75) is 88.4 Å². The molecule has 3 aliphatic rings. The minimum Gasteiger partial charge on any atom is -0.373 e. The Morgan fingerprint density at radius 2 is 1.74 bits per heavy atom. The molecule has 1 aliphatic carbocycles. The van der Waals surface area contributed by atoms with Gasteiger partial charge >= 0.3 is 0 Å². The molecule has 4 rings (SSSR count). The summed E-state index contributed by atoms with van der Waals surface area (Å²) in [4.78, 5) is 15.6. The van der Waals surface area contributed by atoms with Crippen LogP contribution in [0.1, 0.15) is 75.6 Å². The summed E-state index contributed by atoms with van der Waals surface area (Å²) in [7, 11) is -3.66. The molecule has 1 saturated carbocycles. The summed E-state index contributed by atoms with van der Waals surface area (Å²) in [6.45, 7) is 5.21. The van der Waals surface area contributed by atoms with Gasteiger partial charge in [-0.25, -0.2) is 8.42 Å². The maximum atomic E-state index is 13.4. The van der Waals surface area contributed by atoms with E-state index in [1.54, 1.807) is 24.3 Å². The van der Waals surface area contributed by atoms with Crippen LogP contribution >= 0.6 is 0 Å². The molecule has 0 radical (unpaired) electrons. The maximum absolute atomic E-state index is 13.4. The van der Waals surface area contributed by atoms with Crippen molar-refractivity contribution in [3.05, 3.63) is 29.8 Å². The predicted molar refractivity (Wildman–Crippen MR) is 120 cm³/mol. The minimum atomic E-state index is -3.66. The smallest absolute Gasteiger partial charge is 0.254 e. The van der Waals surface area contributed by atoms with Gasteiger partial charge in [-0.1, -0.05) is 38.2 Å². The van der Waals surface area contributed by atoms with Crippen LogP contribution in [-0.2, 0) is 14.8 Å². The van der Waals surface area contributed by atoms with Crippen molar-refractivity contribution in [2.24, 2.45) is 5.92 Å². The van der Waals surface area contributed by atoms with Crippen LogP contribution in [0, 0.1) is 5.92 Å². The van der Waals surface area contributed by atoms with Crippen LogP contribution in [0.25, 0.3) is 0 Å². The summed E-state index contributed by atoms with van der Waals surface area (Å²) in [6.07, 6.45) is 9.41. The van der Waals surface area contributed by atoms with Crippen molar-refractivity contribution in [1.82, 2.24) is 9.21 Å². The van der Waals surface area contributed by atoms with E-state index < -0.39 is 10.0 Å². The Hall–Kier alpha value is -1.44. The number of ether oxygens (including phenoxy) is 1. The van der Waals surface area contributed by atoms with E-state index in [9.17, 15) is 13.2 Å². The molecular formula is C24H36N2O4S. The highest BCUT2D eigenvalue weighted by Crippen LogP contribution is 2.33. The first-order chi connectivity index (χ1) is 14.8. The Balaban J connectivity index is 1.50. The molecule has 0 aromatic heterocycles. The van der Waals surface area contributed by atoms with Crippen molar-refractivity contribution in [1.29, 1.82) is 0 Å². The number of morpholine rings is 1. The number of amides is 1. The van der Waals surface area contributed by atoms with E-state index >= 15 is 0 Å². The number of rotatable bonds is 5. The summed E-state index contributed by atoms with van der Waals surface area (Å²) in [5, 5.41) is 0. The molecule has 3 unspecified atom stereocenters. The fourth-order valence-electron chi connectivity index (χ4n) is 5.59. The van der Waals surface area contributed by atoms with Crippen LogP contribution < -0.4 is 0 Å². The van der Waals surface area contributed by atoms with Crippen LogP contribution in [0.5, 0.6) is 0 Å². The first-order valence-electron chi connectivity index (χ1n) is 11.9. The molecule has 0 spiro atoms. The second-order valence-electron chi connectivity index (χ2n) is 9.64. The van der Waals surface area contributed by atoms with E-state index in [-0.39, 0.29) is 29.1 Å². The highest BCUT2D eigenvalue weighted by atomic mass is 32.2. The summed E-state index contributed by atoms with van der Waals surface area (Å²) in [5.74, 6) is 0.697. The second kappa shape index (κ2) is 9.59. The van der Waals surface area contributed by atoms with Crippen LogP contribution in [0.4, 0.5) is 0 Å². The second-order valence-corrected chi connectivity index (χ2v) is 11.6. The molecule has 1 aromatic rings. The molecule has 3 fully saturated rings. The van der Waals surface area contributed by atoms with Crippen molar-refractivity contribution >= 4 is 15.9 Å². The predicted octanol–water partition coefficient (Wildman–Crippen LogP) is 4.06. The quantitative estimate of drug-likeness (QED) is 0.681. The number of likely N-dealkylation sites (tertiary alicyclic amines) is 1. The summed E-state index contributed by atoms with van der Waals surface area (Å²) >= 11 is 0. The fourth-order valence-corrected chi connectivity index (χ4v) is 7.22. The van der Waals surface area contributed by atoms with Crippen molar-refractivity contribution in [2.75, 3.05) is 19.6 Å². The average molecular weight is 449 g/mol. The number of carbonyl (C=O) groups excluding carboxylic acids is 1. The van der Waals surface area contributed by atoms with Crippen LogP contribution in [0.2, 0.25) is 0 Å². The zero-order valence-electron chi connectivity index (χ0n) is 18.8. The zero-order chi connectivity index (χ0) is 22.0. The summed E-state index contributed by atoms with van der Waals surface area (Å²) in [6, 6.07) is 6.90. The van der Waals surface area contributed by atoms with E-state index in [1.165, 1.54) is 36.4 Å². The lowest BCUT2D eigenvalue weighted by molar-refractivity contribution is -0.0440. The number of sulfonamides is 1. The average Bonchev–Trinajstić information content (AvgIpc) is 3.21. The van der Waals surface area contributed by atoms with Crippen LogP contribution in [0.3, 0.4) is 0 Å². The van der Waals surface area contributed by atoms with Gasteiger partial charge in [-0.3, -0.25) is 4.79 Å². The number of benzene rings is 1. The van der Waals surface area contributed by atoms with Gasteiger partial charge in [0.25, 0.3) is 5.91 Å². The van der Waals surface area contributed by atoms with Gasteiger partial charge in [0.05, 0.1) is 17.1 Å². The van der Waals surface area contributed by atoms with Gasteiger partial charge in [0, 0.05) is 31.2 Å². The lowest BCUT2D eigenvalue weighted by atomic mass is 9.84. The molecule has 0 N–H and O–H groups in total. The normalized spacial score (nSPS) is 28.7. The largest absolute Gasteiger partial charge is 0.373 e. The Labute approximate surface area is 187 Å². The molecule has 2 heterocycles. The number of nitrogens with zero attached hydrogens (tertiary/aromatic N) is 2. The Morgan fingerprint density at radius 3 is 2.45 bits per heavy atom. The Morgan fingerprint density at radius 1 is 1.03 bits per heavy atom. The third-order valence-corrected chi connectivity index (χ3v) is 8.90. The molecule has 1 amide bonds. The molecule has 7 heteroatoms. The van der Waals surface area contributed by atoms with Crippen molar-refractivity contribution < 1.29 is 17.9 Å². The van der Waals surface area contributed by atoms with E-state index in [4.69, 9.17) is 4.74 Å². The molecule has 3 atom stereocenters. The van der Waals surface area contributed by atoms with E-state index in [1.807, 2.05) is 18.7 Å². The lowest BCUT2D eigenvalue weighted by Crippen LogP contribution is -2.48. The van der Waals surface area contributed by atoms with Gasteiger partial charge in [-0.15, -0.1) is 0 Å². The van der Waals surface area contributed by atoms with Gasteiger partial charge in [0.1, 0.15) is 0 Å². The number of hydrogen-bond acceptors (Lipinski definition) is 4. The van der Waals surface area contributed by atoms with Crippen molar-refractivity contribution in [3.63, 3.8) is 0 Å². The monoisotopic (exact) mass is 448 g/mol. The molecule has 1 aromatic carbocycles. The Bertz CT molecular complexity index is 871. The van der Waals surface area contributed by atoms with Crippen LogP contribution in [-0.4, -0.2) is 61.4 Å². The summed E-state index contributed by atoms with van der Waals surface area (Å²) in [5.41, 5.74) is 0.478. The van der Waals surface area contributed by atoms with Gasteiger partial charge < -0.3 is 9.64 Å².